The van der Waals surface area contributed by atoms with Crippen LogP contribution in [-0.4, -0.2) is 34.1 Å². The second-order valence-electron chi connectivity index (χ2n) is 5.29. The van der Waals surface area contributed by atoms with Gasteiger partial charge in [0, 0.05) is 11.1 Å². The number of carbonyl (C=O) groups excluding carboxylic acids is 1. The number of hydrogen-bond donors (Lipinski definition) is 2. The highest BCUT2D eigenvalue weighted by Crippen LogP contribution is 2.27. The van der Waals surface area contributed by atoms with E-state index >= 15 is 0 Å². The number of carbonyl (C=O) groups is 1. The van der Waals surface area contributed by atoms with Crippen molar-refractivity contribution in [3.63, 3.8) is 0 Å². The fourth-order valence-electron chi connectivity index (χ4n) is 2.74. The van der Waals surface area contributed by atoms with Crippen LogP contribution < -0.4 is 10.5 Å². The lowest BCUT2D eigenvalue weighted by atomic mass is 10.1. The smallest absolute Gasteiger partial charge is 0.339 e. The molecule has 1 aliphatic rings. The summed E-state index contributed by atoms with van der Waals surface area (Å²) < 4.78 is 32.5. The highest BCUT2D eigenvalue weighted by Gasteiger charge is 2.32. The molecule has 0 aliphatic heterocycles. The summed E-state index contributed by atoms with van der Waals surface area (Å²) >= 11 is 5.84. The van der Waals surface area contributed by atoms with Gasteiger partial charge >= 0.3 is 5.97 Å². The molecule has 23 heavy (non-hydrogen) atoms. The molecule has 0 aromatic heterocycles. The number of nitrogens with two attached hydrogens (primary N) is 1. The molecule has 1 aliphatic carbocycles. The lowest BCUT2D eigenvalue weighted by molar-refractivity contribution is 0.0596. The van der Waals surface area contributed by atoms with E-state index in [1.165, 1.54) is 25.3 Å². The standard InChI is InChI=1S/C14H19ClN2O4S.ClH/c1-21-14(18)11-7-10(15)5-6-13(11)22(19,20)17-12-4-2-3-9(12)8-16;/h5-7,9,12,17H,2-4,8,16H2,1H3;1H. The molecule has 0 heterocycles. The molecule has 1 saturated carbocycles. The number of esters is 1. The third-order valence-corrected chi connectivity index (χ3v) is 5.69. The van der Waals surface area contributed by atoms with Crippen LogP contribution in [0.1, 0.15) is 29.6 Å². The number of hydrogen-bond acceptors (Lipinski definition) is 5. The average Bonchev–Trinajstić information content (AvgIpc) is 2.92. The van der Waals surface area contributed by atoms with Crippen molar-refractivity contribution >= 4 is 40.0 Å². The largest absolute Gasteiger partial charge is 0.465 e. The number of sulfonamides is 1. The molecule has 6 nitrogen and oxygen atoms in total. The Kier molecular flexibility index (Phi) is 7.29. The van der Waals surface area contributed by atoms with Crippen LogP contribution >= 0.6 is 24.0 Å². The van der Waals surface area contributed by atoms with E-state index < -0.39 is 16.0 Å². The third-order valence-electron chi connectivity index (χ3n) is 3.90. The van der Waals surface area contributed by atoms with Crippen molar-refractivity contribution in [3.8, 4) is 0 Å². The van der Waals surface area contributed by atoms with E-state index in [2.05, 4.69) is 9.46 Å². The molecule has 0 amide bonds. The summed E-state index contributed by atoms with van der Waals surface area (Å²) in [5.41, 5.74) is 5.60. The number of halogens is 2. The molecule has 1 aromatic carbocycles. The van der Waals surface area contributed by atoms with Crippen molar-refractivity contribution < 1.29 is 17.9 Å². The van der Waals surface area contributed by atoms with Crippen LogP contribution in [0.3, 0.4) is 0 Å². The zero-order chi connectivity index (χ0) is 16.3. The van der Waals surface area contributed by atoms with Crippen LogP contribution in [0.25, 0.3) is 0 Å². The number of benzene rings is 1. The molecule has 0 bridgehead atoms. The summed E-state index contributed by atoms with van der Waals surface area (Å²) in [6.45, 7) is 0.428. The van der Waals surface area contributed by atoms with Crippen molar-refractivity contribution in [2.75, 3.05) is 13.7 Å². The van der Waals surface area contributed by atoms with E-state index in [1.54, 1.807) is 0 Å². The second-order valence-corrected chi connectivity index (χ2v) is 7.41. The molecule has 3 N–H and O–H groups in total. The molecule has 1 fully saturated rings. The van der Waals surface area contributed by atoms with E-state index in [-0.39, 0.29) is 39.8 Å². The topological polar surface area (TPSA) is 98.5 Å². The van der Waals surface area contributed by atoms with Gasteiger partial charge in [-0.1, -0.05) is 18.0 Å². The van der Waals surface area contributed by atoms with Crippen molar-refractivity contribution in [2.45, 2.75) is 30.2 Å². The van der Waals surface area contributed by atoms with E-state index in [4.69, 9.17) is 17.3 Å². The van der Waals surface area contributed by atoms with Crippen LogP contribution in [0.4, 0.5) is 0 Å². The molecular weight excluding hydrogens is 363 g/mol. The first-order chi connectivity index (χ1) is 10.4. The van der Waals surface area contributed by atoms with Gasteiger partial charge in [0.2, 0.25) is 10.0 Å². The van der Waals surface area contributed by atoms with Gasteiger partial charge in [-0.05, 0) is 43.5 Å². The Hall–Kier alpha value is -0.860. The molecule has 1 aromatic rings. The normalized spacial score (nSPS) is 20.8. The summed E-state index contributed by atoms with van der Waals surface area (Å²) in [6.07, 6.45) is 2.57. The zero-order valence-corrected chi connectivity index (χ0v) is 15.0. The minimum Gasteiger partial charge on any atom is -0.465 e. The highest BCUT2D eigenvalue weighted by atomic mass is 35.5. The Labute approximate surface area is 147 Å². The van der Waals surface area contributed by atoms with Gasteiger partial charge in [0.15, 0.2) is 0 Å². The molecule has 2 rings (SSSR count). The number of ether oxygens (including phenoxy) is 1. The maximum absolute atomic E-state index is 12.6. The van der Waals surface area contributed by atoms with Gasteiger partial charge in [0.1, 0.15) is 0 Å². The van der Waals surface area contributed by atoms with Crippen molar-refractivity contribution in [3.05, 3.63) is 28.8 Å². The molecular formula is C14H20Cl2N2O4S. The Morgan fingerprint density at radius 3 is 2.74 bits per heavy atom. The molecule has 0 radical (unpaired) electrons. The molecule has 130 valence electrons. The first-order valence-corrected chi connectivity index (χ1v) is 8.85. The van der Waals surface area contributed by atoms with Gasteiger partial charge in [-0.2, -0.15) is 0 Å². The van der Waals surface area contributed by atoms with Gasteiger partial charge in [0.05, 0.1) is 17.6 Å². The lowest BCUT2D eigenvalue weighted by Gasteiger charge is -2.20. The monoisotopic (exact) mass is 382 g/mol. The number of rotatable bonds is 5. The first kappa shape index (κ1) is 20.2. The van der Waals surface area contributed by atoms with Gasteiger partial charge in [-0.25, -0.2) is 17.9 Å². The molecule has 9 heteroatoms. The minimum absolute atomic E-state index is 0. The summed E-state index contributed by atoms with van der Waals surface area (Å²) in [5, 5.41) is 0.264. The highest BCUT2D eigenvalue weighted by molar-refractivity contribution is 7.89. The summed E-state index contributed by atoms with van der Waals surface area (Å²) in [5.74, 6) is -0.631. The van der Waals surface area contributed by atoms with Crippen LogP contribution in [0, 0.1) is 5.92 Å². The fraction of sp³-hybridized carbons (Fsp3) is 0.500. The van der Waals surface area contributed by atoms with Gasteiger partial charge in [-0.15, -0.1) is 12.4 Å². The fourth-order valence-corrected chi connectivity index (χ4v) is 4.43. The van der Waals surface area contributed by atoms with Gasteiger partial charge < -0.3 is 10.5 Å². The number of nitrogens with one attached hydrogen (secondary N) is 1. The van der Waals surface area contributed by atoms with Crippen LogP contribution in [-0.2, 0) is 14.8 Å². The van der Waals surface area contributed by atoms with E-state index in [0.29, 0.717) is 6.54 Å². The lowest BCUT2D eigenvalue weighted by Crippen LogP contribution is -2.40. The Balaban J connectivity index is 0.00000264. The number of methoxy groups -OCH3 is 1. The quantitative estimate of drug-likeness (QED) is 0.758. The van der Waals surface area contributed by atoms with E-state index in [1.807, 2.05) is 0 Å². The Bertz CT molecular complexity index is 667. The average molecular weight is 383 g/mol. The van der Waals surface area contributed by atoms with Crippen LogP contribution in [0.5, 0.6) is 0 Å². The summed E-state index contributed by atoms with van der Waals surface area (Å²) in [4.78, 5) is 11.7. The molecule has 0 spiro atoms. The maximum Gasteiger partial charge on any atom is 0.339 e. The SMILES string of the molecule is COC(=O)c1cc(Cl)ccc1S(=O)(=O)NC1CCCC1CN.Cl. The van der Waals surface area contributed by atoms with Gasteiger partial charge in [0.25, 0.3) is 0 Å². The van der Waals surface area contributed by atoms with Crippen LogP contribution in [0.2, 0.25) is 5.02 Å². The van der Waals surface area contributed by atoms with E-state index in [0.717, 1.165) is 19.3 Å². The second kappa shape index (κ2) is 8.30. The third kappa shape index (κ3) is 4.58. The minimum atomic E-state index is -3.85. The van der Waals surface area contributed by atoms with E-state index in [9.17, 15) is 13.2 Å². The first-order valence-electron chi connectivity index (χ1n) is 6.99. The van der Waals surface area contributed by atoms with Crippen molar-refractivity contribution in [1.82, 2.24) is 4.72 Å². The Morgan fingerprint density at radius 2 is 2.13 bits per heavy atom. The molecule has 0 saturated heterocycles. The van der Waals surface area contributed by atoms with Crippen molar-refractivity contribution in [1.29, 1.82) is 0 Å². The zero-order valence-electron chi connectivity index (χ0n) is 12.6. The maximum atomic E-state index is 12.6. The Morgan fingerprint density at radius 1 is 1.43 bits per heavy atom. The van der Waals surface area contributed by atoms with Crippen molar-refractivity contribution in [2.24, 2.45) is 11.7 Å². The van der Waals surface area contributed by atoms with Gasteiger partial charge in [-0.3, -0.25) is 0 Å². The molecule has 2 atom stereocenters. The predicted octanol–water partition coefficient (Wildman–Crippen LogP) is 1.95. The predicted molar refractivity (Wildman–Crippen MR) is 90.5 cm³/mol. The molecule has 2 unspecified atom stereocenters. The summed E-state index contributed by atoms with van der Waals surface area (Å²) in [7, 11) is -2.67. The summed E-state index contributed by atoms with van der Waals surface area (Å²) in [6, 6.07) is 3.81. The van der Waals surface area contributed by atoms with Crippen LogP contribution in [0.15, 0.2) is 23.1 Å².